The Hall–Kier alpha value is 0.467. The minimum absolute atomic E-state index is 0.0766. The predicted octanol–water partition coefficient (Wildman–Crippen LogP) is 2.32. The van der Waals surface area contributed by atoms with Crippen molar-refractivity contribution in [1.82, 2.24) is 0 Å². The van der Waals surface area contributed by atoms with E-state index in [9.17, 15) is 0 Å². The Morgan fingerprint density at radius 3 is 2.36 bits per heavy atom. The van der Waals surface area contributed by atoms with Crippen LogP contribution in [0.4, 0.5) is 0 Å². The average Bonchev–Trinajstić information content (AvgIpc) is 1.85. The zero-order valence-electron chi connectivity index (χ0n) is 7.82. The van der Waals surface area contributed by atoms with Crippen LogP contribution in [0.15, 0.2) is 0 Å². The highest BCUT2D eigenvalue weighted by Gasteiger charge is 2.08. The van der Waals surface area contributed by atoms with Crippen LogP contribution in [-0.4, -0.2) is 21.2 Å². The molecule has 0 amide bonds. The van der Waals surface area contributed by atoms with E-state index in [0.29, 0.717) is 0 Å². The van der Waals surface area contributed by atoms with Gasteiger partial charge in [-0.1, -0.05) is 6.42 Å². The summed E-state index contributed by atoms with van der Waals surface area (Å²) in [5, 5.41) is 0. The van der Waals surface area contributed by atoms with Crippen LogP contribution in [0.1, 0.15) is 33.6 Å². The fraction of sp³-hybridized carbons (Fsp3) is 1.00. The van der Waals surface area contributed by atoms with E-state index in [2.05, 4.69) is 20.8 Å². The Bertz CT molecular complexity index is 90.6. The third-order valence-electron chi connectivity index (χ3n) is 1.31. The third kappa shape index (κ3) is 10.5. The zero-order chi connectivity index (χ0) is 8.74. The number of rotatable bonds is 5. The molecule has 68 valence electrons. The summed E-state index contributed by atoms with van der Waals surface area (Å²) in [4.78, 5) is 0. The Morgan fingerprint density at radius 2 is 1.91 bits per heavy atom. The van der Waals surface area contributed by atoms with Gasteiger partial charge < -0.3 is 4.43 Å². The lowest BCUT2D eigenvalue weighted by Crippen LogP contribution is -2.21. The number of hydrogen-bond acceptors (Lipinski definition) is 1. The largest absolute Gasteiger partial charge is 0.419 e. The van der Waals surface area contributed by atoms with Gasteiger partial charge in [0.1, 0.15) is 0 Å². The van der Waals surface area contributed by atoms with Crippen LogP contribution in [0.5, 0.6) is 0 Å². The molecule has 0 saturated carbocycles. The summed E-state index contributed by atoms with van der Waals surface area (Å²) < 4.78 is 5.67. The van der Waals surface area contributed by atoms with E-state index >= 15 is 0 Å². The molecule has 0 aromatic rings. The lowest BCUT2D eigenvalue weighted by atomic mass is 10.2. The zero-order valence-corrected chi connectivity index (χ0v) is 9.99. The smallest absolute Gasteiger partial charge is 0.162 e. The molecule has 0 rings (SSSR count). The van der Waals surface area contributed by atoms with Gasteiger partial charge in [0.05, 0.1) is 0 Å². The van der Waals surface area contributed by atoms with Crippen molar-refractivity contribution < 1.29 is 4.43 Å². The van der Waals surface area contributed by atoms with E-state index in [-0.39, 0.29) is 15.4 Å². The van der Waals surface area contributed by atoms with E-state index < -0.39 is 0 Å². The van der Waals surface area contributed by atoms with Crippen molar-refractivity contribution in [3.8, 4) is 0 Å². The van der Waals surface area contributed by atoms with Gasteiger partial charge in [-0.25, -0.2) is 0 Å². The molecule has 0 aromatic carbocycles. The molecule has 0 heterocycles. The summed E-state index contributed by atoms with van der Waals surface area (Å²) >= 11 is 5.54. The summed E-state index contributed by atoms with van der Waals surface area (Å²) in [6.45, 7) is 6.34. The molecule has 0 aliphatic rings. The van der Waals surface area contributed by atoms with Crippen LogP contribution in [-0.2, 0) is 4.43 Å². The maximum absolute atomic E-state index is 5.67. The summed E-state index contributed by atoms with van der Waals surface area (Å²) in [5.41, 5.74) is 0.0766. The van der Waals surface area contributed by atoms with Crippen molar-refractivity contribution in [1.29, 1.82) is 0 Å². The van der Waals surface area contributed by atoms with Crippen LogP contribution in [0.2, 0.25) is 6.04 Å². The molecule has 1 nitrogen and oxygen atoms in total. The van der Waals surface area contributed by atoms with Gasteiger partial charge in [-0.05, 0) is 33.2 Å². The first-order valence-corrected chi connectivity index (χ1v) is 6.37. The van der Waals surface area contributed by atoms with Crippen molar-refractivity contribution in [3.05, 3.63) is 0 Å². The lowest BCUT2D eigenvalue weighted by molar-refractivity contribution is 0.138. The quantitative estimate of drug-likeness (QED) is 0.371. The van der Waals surface area contributed by atoms with Gasteiger partial charge in [-0.3, -0.25) is 0 Å². The molecule has 0 aliphatic heterocycles. The summed E-state index contributed by atoms with van der Waals surface area (Å²) in [5.74, 6) is 0.796. The van der Waals surface area contributed by atoms with Crippen molar-refractivity contribution >= 4 is 21.4 Å². The molecule has 11 heavy (non-hydrogen) atoms. The minimum Gasteiger partial charge on any atom is -0.419 e. The van der Waals surface area contributed by atoms with Crippen molar-refractivity contribution in [2.24, 2.45) is 0 Å². The second kappa shape index (κ2) is 6.04. The third-order valence-corrected chi connectivity index (χ3v) is 3.44. The highest BCUT2D eigenvalue weighted by Crippen LogP contribution is 2.07. The van der Waals surface area contributed by atoms with Crippen molar-refractivity contribution in [3.63, 3.8) is 0 Å². The number of alkyl halides is 1. The molecular weight excluding hydrogens is 176 g/mol. The Morgan fingerprint density at radius 1 is 1.27 bits per heavy atom. The number of unbranched alkanes of at least 4 members (excludes halogenated alkanes) is 1. The van der Waals surface area contributed by atoms with Gasteiger partial charge in [-0.15, -0.1) is 11.6 Å². The number of hydrogen-bond donors (Lipinski definition) is 0. The first kappa shape index (κ1) is 11.5. The van der Waals surface area contributed by atoms with Gasteiger partial charge in [0, 0.05) is 11.5 Å². The molecule has 3 heteroatoms. The molecule has 0 radical (unpaired) electrons. The van der Waals surface area contributed by atoms with E-state index in [0.717, 1.165) is 12.3 Å². The second-order valence-corrected chi connectivity index (χ2v) is 5.49. The molecular formula is C8H19ClOSi. The van der Waals surface area contributed by atoms with Gasteiger partial charge in [0.15, 0.2) is 9.76 Å². The highest BCUT2D eigenvalue weighted by molar-refractivity contribution is 6.27. The van der Waals surface area contributed by atoms with Crippen molar-refractivity contribution in [2.75, 3.05) is 5.88 Å². The minimum atomic E-state index is -0.272. The summed E-state index contributed by atoms with van der Waals surface area (Å²) in [6.07, 6.45) is 2.38. The summed E-state index contributed by atoms with van der Waals surface area (Å²) in [6, 6.07) is 1.27. The molecule has 0 bridgehead atoms. The first-order valence-electron chi connectivity index (χ1n) is 4.26. The predicted molar refractivity (Wildman–Crippen MR) is 54.1 cm³/mol. The van der Waals surface area contributed by atoms with Crippen LogP contribution in [0.25, 0.3) is 0 Å². The van der Waals surface area contributed by atoms with Gasteiger partial charge in [0.25, 0.3) is 0 Å². The molecule has 0 unspecified atom stereocenters. The fourth-order valence-electron chi connectivity index (χ4n) is 0.752. The maximum Gasteiger partial charge on any atom is 0.162 e. The molecule has 0 N–H and O–H groups in total. The molecule has 0 aromatic heterocycles. The van der Waals surface area contributed by atoms with Crippen LogP contribution < -0.4 is 0 Å². The Labute approximate surface area is 77.4 Å². The molecule has 0 saturated heterocycles. The van der Waals surface area contributed by atoms with Crippen molar-refractivity contribution in [2.45, 2.75) is 45.3 Å². The van der Waals surface area contributed by atoms with Gasteiger partial charge in [-0.2, -0.15) is 0 Å². The standard InChI is InChI=1S/C8H19ClOSi/c1-8(2,3)10-11-7-5-4-6-9/h4-7,11H2,1-3H3. The highest BCUT2D eigenvalue weighted by atomic mass is 35.5. The van der Waals surface area contributed by atoms with E-state index in [1.165, 1.54) is 12.5 Å². The molecule has 0 atom stereocenters. The molecule has 0 aliphatic carbocycles. The van der Waals surface area contributed by atoms with Gasteiger partial charge >= 0.3 is 0 Å². The first-order chi connectivity index (χ1) is 5.06. The van der Waals surface area contributed by atoms with Crippen LogP contribution in [0.3, 0.4) is 0 Å². The second-order valence-electron chi connectivity index (χ2n) is 3.71. The topological polar surface area (TPSA) is 9.23 Å². The van der Waals surface area contributed by atoms with E-state index in [1.807, 2.05) is 0 Å². The van der Waals surface area contributed by atoms with Gasteiger partial charge in [0.2, 0.25) is 0 Å². The monoisotopic (exact) mass is 194 g/mol. The maximum atomic E-state index is 5.67. The summed E-state index contributed by atoms with van der Waals surface area (Å²) in [7, 11) is -0.272. The average molecular weight is 195 g/mol. The number of halogens is 1. The SMILES string of the molecule is CC(C)(C)O[SiH2]CCCCCl. The van der Waals surface area contributed by atoms with Crippen LogP contribution >= 0.6 is 11.6 Å². The molecule has 0 fully saturated rings. The normalized spacial score (nSPS) is 13.1. The molecule has 0 spiro atoms. The van der Waals surface area contributed by atoms with E-state index in [1.54, 1.807) is 0 Å². The Kier molecular flexibility index (Phi) is 6.29. The Balaban J connectivity index is 3.02. The van der Waals surface area contributed by atoms with Crippen LogP contribution in [0, 0.1) is 0 Å². The van der Waals surface area contributed by atoms with E-state index in [4.69, 9.17) is 16.0 Å². The lowest BCUT2D eigenvalue weighted by Gasteiger charge is -2.19. The fourth-order valence-corrected chi connectivity index (χ4v) is 2.26.